The quantitative estimate of drug-likeness (QED) is 0.696. The molecule has 88 valence electrons. The number of carbonyl (C=O) groups excluding carboxylic acids is 1. The summed E-state index contributed by atoms with van der Waals surface area (Å²) in [4.78, 5) is 21.8. The maximum atomic E-state index is 11.0. The lowest BCUT2D eigenvalue weighted by Crippen LogP contribution is -2.42. The van der Waals surface area contributed by atoms with E-state index in [-0.39, 0.29) is 5.91 Å². The topological polar surface area (TPSA) is 66.4 Å². The summed E-state index contributed by atoms with van der Waals surface area (Å²) in [6.45, 7) is 5.86. The monoisotopic (exact) mass is 233 g/mol. The van der Waals surface area contributed by atoms with E-state index in [9.17, 15) is 9.59 Å². The minimum atomic E-state index is -0.965. The molecule has 0 aliphatic carbocycles. The molecule has 0 saturated carbocycles. The molecular formula is C10H19NO3S. The average Bonchev–Trinajstić information content (AvgIpc) is 2.15. The molecule has 0 radical (unpaired) electrons. The van der Waals surface area contributed by atoms with Crippen LogP contribution in [0.25, 0.3) is 0 Å². The molecule has 0 aliphatic rings. The smallest absolute Gasteiger partial charge is 0.327 e. The van der Waals surface area contributed by atoms with Crippen molar-refractivity contribution in [3.8, 4) is 0 Å². The number of amides is 1. The van der Waals surface area contributed by atoms with Gasteiger partial charge in [0, 0.05) is 12.2 Å². The number of hydrogen-bond acceptors (Lipinski definition) is 3. The number of rotatable bonds is 7. The van der Waals surface area contributed by atoms with Gasteiger partial charge in [-0.05, 0) is 11.7 Å². The highest BCUT2D eigenvalue weighted by molar-refractivity contribution is 7.99. The molecule has 0 saturated heterocycles. The van der Waals surface area contributed by atoms with Gasteiger partial charge in [-0.1, -0.05) is 20.8 Å². The van der Waals surface area contributed by atoms with Crippen LogP contribution in [0.15, 0.2) is 0 Å². The number of aliphatic carboxylic acids is 1. The normalized spacial score (nSPS) is 12.5. The van der Waals surface area contributed by atoms with Crippen LogP contribution in [0.3, 0.4) is 0 Å². The SMILES string of the molecule is CCC(=O)N[C@@H](CSCC(C)C)C(=O)O. The Balaban J connectivity index is 3.94. The Morgan fingerprint density at radius 3 is 2.33 bits per heavy atom. The van der Waals surface area contributed by atoms with Gasteiger partial charge >= 0.3 is 5.97 Å². The zero-order valence-electron chi connectivity index (χ0n) is 9.45. The molecule has 0 aliphatic heterocycles. The summed E-state index contributed by atoms with van der Waals surface area (Å²) in [5.41, 5.74) is 0. The van der Waals surface area contributed by atoms with Gasteiger partial charge in [-0.2, -0.15) is 11.8 Å². The first-order valence-electron chi connectivity index (χ1n) is 5.07. The van der Waals surface area contributed by atoms with E-state index in [1.165, 1.54) is 0 Å². The van der Waals surface area contributed by atoms with Crippen LogP contribution in [0.4, 0.5) is 0 Å². The highest BCUT2D eigenvalue weighted by Crippen LogP contribution is 2.09. The molecule has 0 heterocycles. The maximum absolute atomic E-state index is 11.0. The number of thioether (sulfide) groups is 1. The second-order valence-electron chi connectivity index (χ2n) is 3.74. The maximum Gasteiger partial charge on any atom is 0.327 e. The number of carboxylic acid groups (broad SMARTS) is 1. The number of carboxylic acids is 1. The Morgan fingerprint density at radius 1 is 1.33 bits per heavy atom. The van der Waals surface area contributed by atoms with Crippen LogP contribution in [0.1, 0.15) is 27.2 Å². The summed E-state index contributed by atoms with van der Waals surface area (Å²) in [7, 11) is 0. The van der Waals surface area contributed by atoms with Crippen LogP contribution in [0, 0.1) is 5.92 Å². The molecule has 0 aromatic rings. The van der Waals surface area contributed by atoms with Gasteiger partial charge in [-0.3, -0.25) is 4.79 Å². The molecule has 0 bridgehead atoms. The molecule has 5 heteroatoms. The molecule has 4 nitrogen and oxygen atoms in total. The first kappa shape index (κ1) is 14.3. The largest absolute Gasteiger partial charge is 0.480 e. The summed E-state index contributed by atoms with van der Waals surface area (Å²) >= 11 is 1.55. The predicted octanol–water partition coefficient (Wildman–Crippen LogP) is 1.35. The van der Waals surface area contributed by atoms with Crippen molar-refractivity contribution in [1.29, 1.82) is 0 Å². The molecule has 0 aromatic heterocycles. The third-order valence-electron chi connectivity index (χ3n) is 1.69. The van der Waals surface area contributed by atoms with E-state index in [2.05, 4.69) is 19.2 Å². The van der Waals surface area contributed by atoms with Crippen LogP contribution in [-0.4, -0.2) is 34.5 Å². The summed E-state index contributed by atoms with van der Waals surface area (Å²) in [6.07, 6.45) is 0.318. The standard InChI is InChI=1S/C10H19NO3S/c1-4-9(12)11-8(10(13)14)6-15-5-7(2)3/h7-8H,4-6H2,1-3H3,(H,11,12)(H,13,14)/t8-/m0/s1. The van der Waals surface area contributed by atoms with Gasteiger partial charge in [-0.25, -0.2) is 4.79 Å². The van der Waals surface area contributed by atoms with E-state index >= 15 is 0 Å². The lowest BCUT2D eigenvalue weighted by atomic mass is 10.3. The van der Waals surface area contributed by atoms with Crippen molar-refractivity contribution in [2.75, 3.05) is 11.5 Å². The van der Waals surface area contributed by atoms with Crippen molar-refractivity contribution >= 4 is 23.6 Å². The highest BCUT2D eigenvalue weighted by Gasteiger charge is 2.18. The first-order chi connectivity index (χ1) is 6.97. The predicted molar refractivity (Wildman–Crippen MR) is 62.0 cm³/mol. The van der Waals surface area contributed by atoms with Crippen molar-refractivity contribution in [3.05, 3.63) is 0 Å². The summed E-state index contributed by atoms with van der Waals surface area (Å²) in [5, 5.41) is 11.3. The van der Waals surface area contributed by atoms with E-state index in [0.29, 0.717) is 18.1 Å². The van der Waals surface area contributed by atoms with E-state index < -0.39 is 12.0 Å². The highest BCUT2D eigenvalue weighted by atomic mass is 32.2. The van der Waals surface area contributed by atoms with Gasteiger partial charge < -0.3 is 10.4 Å². The third-order valence-corrected chi connectivity index (χ3v) is 3.16. The molecule has 0 rings (SSSR count). The molecule has 0 unspecified atom stereocenters. The van der Waals surface area contributed by atoms with Gasteiger partial charge in [0.15, 0.2) is 0 Å². The Labute approximate surface area is 94.8 Å². The molecule has 0 fully saturated rings. The average molecular weight is 233 g/mol. The van der Waals surface area contributed by atoms with Crippen molar-refractivity contribution in [1.82, 2.24) is 5.32 Å². The summed E-state index contributed by atoms with van der Waals surface area (Å²) in [6, 6.07) is -0.763. The van der Waals surface area contributed by atoms with Crippen LogP contribution >= 0.6 is 11.8 Å². The lowest BCUT2D eigenvalue weighted by molar-refractivity contribution is -0.141. The second kappa shape index (κ2) is 7.56. The number of carbonyl (C=O) groups is 2. The fourth-order valence-corrected chi connectivity index (χ4v) is 1.96. The summed E-state index contributed by atoms with van der Waals surface area (Å²) in [5.74, 6) is 0.692. The van der Waals surface area contributed by atoms with Crippen molar-refractivity contribution in [2.24, 2.45) is 5.92 Å². The Morgan fingerprint density at radius 2 is 1.93 bits per heavy atom. The van der Waals surface area contributed by atoms with Crippen molar-refractivity contribution in [3.63, 3.8) is 0 Å². The van der Waals surface area contributed by atoms with Crippen molar-refractivity contribution < 1.29 is 14.7 Å². The third kappa shape index (κ3) is 7.25. The molecule has 0 spiro atoms. The first-order valence-corrected chi connectivity index (χ1v) is 6.22. The van der Waals surface area contributed by atoms with E-state index in [1.807, 2.05) is 0 Å². The molecule has 1 amide bonds. The second-order valence-corrected chi connectivity index (χ2v) is 4.82. The zero-order chi connectivity index (χ0) is 11.8. The van der Waals surface area contributed by atoms with E-state index in [1.54, 1.807) is 18.7 Å². The van der Waals surface area contributed by atoms with Gasteiger partial charge in [0.1, 0.15) is 6.04 Å². The molecule has 15 heavy (non-hydrogen) atoms. The van der Waals surface area contributed by atoms with Gasteiger partial charge in [0.05, 0.1) is 0 Å². The van der Waals surface area contributed by atoms with Crippen LogP contribution in [-0.2, 0) is 9.59 Å². The molecular weight excluding hydrogens is 214 g/mol. The minimum absolute atomic E-state index is 0.215. The van der Waals surface area contributed by atoms with Crippen LogP contribution in [0.2, 0.25) is 0 Å². The number of hydrogen-bond donors (Lipinski definition) is 2. The van der Waals surface area contributed by atoms with Crippen LogP contribution in [0.5, 0.6) is 0 Å². The Kier molecular flexibility index (Phi) is 7.21. The fourth-order valence-electron chi connectivity index (χ4n) is 0.893. The van der Waals surface area contributed by atoms with Crippen molar-refractivity contribution in [2.45, 2.75) is 33.2 Å². The molecule has 1 atom stereocenters. The van der Waals surface area contributed by atoms with E-state index in [4.69, 9.17) is 5.11 Å². The van der Waals surface area contributed by atoms with Gasteiger partial charge in [0.2, 0.25) is 5.91 Å². The van der Waals surface area contributed by atoms with Crippen LogP contribution < -0.4 is 5.32 Å². The zero-order valence-corrected chi connectivity index (χ0v) is 10.3. The Hall–Kier alpha value is -0.710. The minimum Gasteiger partial charge on any atom is -0.480 e. The van der Waals surface area contributed by atoms with Gasteiger partial charge in [-0.15, -0.1) is 0 Å². The fraction of sp³-hybridized carbons (Fsp3) is 0.800. The molecule has 2 N–H and O–H groups in total. The lowest BCUT2D eigenvalue weighted by Gasteiger charge is -2.14. The number of nitrogens with one attached hydrogen (secondary N) is 1. The Bertz CT molecular complexity index is 219. The molecule has 0 aromatic carbocycles. The van der Waals surface area contributed by atoms with E-state index in [0.717, 1.165) is 5.75 Å². The summed E-state index contributed by atoms with van der Waals surface area (Å²) < 4.78 is 0. The van der Waals surface area contributed by atoms with Gasteiger partial charge in [0.25, 0.3) is 0 Å².